The van der Waals surface area contributed by atoms with Crippen LogP contribution in [0.25, 0.3) is 0 Å². The van der Waals surface area contributed by atoms with Crippen molar-refractivity contribution in [2.45, 2.75) is 11.3 Å². The Bertz CT molecular complexity index is 348. The van der Waals surface area contributed by atoms with Crippen LogP contribution in [0.3, 0.4) is 0 Å². The molecule has 0 fully saturated rings. The zero-order valence-electron chi connectivity index (χ0n) is 6.56. The van der Waals surface area contributed by atoms with Crippen LogP contribution in [0, 0.1) is 0 Å². The predicted octanol–water partition coefficient (Wildman–Crippen LogP) is 1.01. The maximum absolute atomic E-state index is 10.4. The van der Waals surface area contributed by atoms with E-state index in [-0.39, 0.29) is 28.4 Å². The Morgan fingerprint density at radius 3 is 2.38 bits per heavy atom. The summed E-state index contributed by atoms with van der Waals surface area (Å²) in [6.07, 6.45) is -0.362. The van der Waals surface area contributed by atoms with Gasteiger partial charge < -0.3 is 15.3 Å². The van der Waals surface area contributed by atoms with Crippen LogP contribution in [-0.2, 0) is 11.2 Å². The van der Waals surface area contributed by atoms with E-state index in [1.807, 2.05) is 0 Å². The van der Waals surface area contributed by atoms with E-state index in [4.69, 9.17) is 10.2 Å². The van der Waals surface area contributed by atoms with E-state index >= 15 is 0 Å². The number of carbonyl (C=O) groups is 1. The Kier molecular flexibility index (Phi) is 2.67. The molecule has 70 valence electrons. The third-order valence-electron chi connectivity index (χ3n) is 1.56. The number of phenols is 2. The number of carboxylic acids is 1. The van der Waals surface area contributed by atoms with Crippen LogP contribution in [0.1, 0.15) is 5.56 Å². The van der Waals surface area contributed by atoms with Crippen molar-refractivity contribution in [3.63, 3.8) is 0 Å². The number of aliphatic carboxylic acids is 1. The number of hydrogen-bond donors (Lipinski definition) is 4. The van der Waals surface area contributed by atoms with Crippen molar-refractivity contribution in [2.75, 3.05) is 0 Å². The minimum Gasteiger partial charge on any atom is -0.508 e. The fourth-order valence-electron chi connectivity index (χ4n) is 0.939. The fourth-order valence-corrected chi connectivity index (χ4v) is 1.21. The van der Waals surface area contributed by atoms with Gasteiger partial charge in [0.15, 0.2) is 0 Å². The lowest BCUT2D eigenvalue weighted by Crippen LogP contribution is -2.01. The van der Waals surface area contributed by atoms with Crippen molar-refractivity contribution < 1.29 is 20.1 Å². The van der Waals surface area contributed by atoms with Gasteiger partial charge in [0.25, 0.3) is 0 Å². The zero-order valence-corrected chi connectivity index (χ0v) is 7.45. The van der Waals surface area contributed by atoms with Crippen LogP contribution in [0.5, 0.6) is 11.5 Å². The zero-order chi connectivity index (χ0) is 10.0. The number of benzene rings is 1. The number of aromatic hydroxyl groups is 2. The first-order valence-corrected chi connectivity index (χ1v) is 3.91. The number of thiol groups is 1. The van der Waals surface area contributed by atoms with Gasteiger partial charge in [-0.2, -0.15) is 0 Å². The molecule has 0 amide bonds. The van der Waals surface area contributed by atoms with Crippen LogP contribution in [0.4, 0.5) is 0 Å². The summed E-state index contributed by atoms with van der Waals surface area (Å²) in [5.74, 6) is -1.40. The second-order valence-corrected chi connectivity index (χ2v) is 2.95. The molecule has 0 aliphatic rings. The molecular formula is C8H8O4S. The van der Waals surface area contributed by atoms with Crippen LogP contribution in [-0.4, -0.2) is 21.3 Å². The van der Waals surface area contributed by atoms with Crippen molar-refractivity contribution in [1.29, 1.82) is 0 Å². The Morgan fingerprint density at radius 2 is 1.85 bits per heavy atom. The molecule has 1 aromatic carbocycles. The molecule has 3 N–H and O–H groups in total. The minimum absolute atomic E-state index is 0.0994. The smallest absolute Gasteiger partial charge is 0.308 e. The number of carboxylic acid groups (broad SMARTS) is 1. The standard InChI is InChI=1S/C8H8O4S/c9-5-1-2-6(10)8(13)4(5)3-7(11)12/h1-2,9-10,13H,3H2,(H,11,12). The largest absolute Gasteiger partial charge is 0.508 e. The molecule has 0 aliphatic carbocycles. The summed E-state index contributed by atoms with van der Waals surface area (Å²) in [4.78, 5) is 10.5. The monoisotopic (exact) mass is 200 g/mol. The van der Waals surface area contributed by atoms with E-state index < -0.39 is 5.97 Å². The molecule has 0 saturated carbocycles. The van der Waals surface area contributed by atoms with Gasteiger partial charge in [0, 0.05) is 5.56 Å². The van der Waals surface area contributed by atoms with E-state index in [0.717, 1.165) is 0 Å². The fraction of sp³-hybridized carbons (Fsp3) is 0.125. The summed E-state index contributed by atoms with van der Waals surface area (Å²) >= 11 is 3.88. The molecule has 0 unspecified atom stereocenters. The first-order chi connectivity index (χ1) is 6.02. The molecule has 0 bridgehead atoms. The maximum Gasteiger partial charge on any atom is 0.308 e. The summed E-state index contributed by atoms with van der Waals surface area (Å²) in [6, 6.07) is 2.48. The van der Waals surface area contributed by atoms with Gasteiger partial charge in [-0.3, -0.25) is 4.79 Å². The van der Waals surface area contributed by atoms with Gasteiger partial charge in [0.05, 0.1) is 11.3 Å². The normalized spacial score (nSPS) is 9.92. The predicted molar refractivity (Wildman–Crippen MR) is 48.4 cm³/mol. The second kappa shape index (κ2) is 3.57. The molecule has 1 rings (SSSR count). The average Bonchev–Trinajstić information content (AvgIpc) is 2.05. The van der Waals surface area contributed by atoms with Gasteiger partial charge >= 0.3 is 5.97 Å². The quantitative estimate of drug-likeness (QED) is 0.424. The molecule has 0 atom stereocenters. The molecule has 13 heavy (non-hydrogen) atoms. The molecule has 0 saturated heterocycles. The first kappa shape index (κ1) is 9.73. The van der Waals surface area contributed by atoms with E-state index in [1.165, 1.54) is 12.1 Å². The van der Waals surface area contributed by atoms with Gasteiger partial charge in [-0.15, -0.1) is 12.6 Å². The highest BCUT2D eigenvalue weighted by atomic mass is 32.1. The van der Waals surface area contributed by atoms with Crippen LogP contribution in [0.15, 0.2) is 17.0 Å². The van der Waals surface area contributed by atoms with Crippen LogP contribution in [0.2, 0.25) is 0 Å². The SMILES string of the molecule is O=C(O)Cc1c(O)ccc(O)c1S. The maximum atomic E-state index is 10.4. The molecule has 1 aromatic rings. The number of hydrogen-bond acceptors (Lipinski definition) is 4. The lowest BCUT2D eigenvalue weighted by atomic mass is 10.1. The first-order valence-electron chi connectivity index (χ1n) is 3.47. The van der Waals surface area contributed by atoms with Crippen LogP contribution < -0.4 is 0 Å². The van der Waals surface area contributed by atoms with Gasteiger partial charge in [0.1, 0.15) is 11.5 Å². The highest BCUT2D eigenvalue weighted by Gasteiger charge is 2.12. The molecular weight excluding hydrogens is 192 g/mol. The summed E-state index contributed by atoms with van der Waals surface area (Å²) < 4.78 is 0. The molecule has 0 spiro atoms. The summed E-state index contributed by atoms with van der Waals surface area (Å²) in [5.41, 5.74) is 0.121. The van der Waals surface area contributed by atoms with Crippen molar-refractivity contribution in [2.24, 2.45) is 0 Å². The summed E-state index contributed by atoms with van der Waals surface area (Å²) in [5, 5.41) is 26.9. The lowest BCUT2D eigenvalue weighted by molar-refractivity contribution is -0.136. The highest BCUT2D eigenvalue weighted by molar-refractivity contribution is 7.80. The van der Waals surface area contributed by atoms with Crippen molar-refractivity contribution >= 4 is 18.6 Å². The molecule has 0 heterocycles. The third-order valence-corrected chi connectivity index (χ3v) is 2.06. The van der Waals surface area contributed by atoms with Crippen molar-refractivity contribution in [3.8, 4) is 11.5 Å². The Morgan fingerprint density at radius 1 is 1.31 bits per heavy atom. The third kappa shape index (κ3) is 2.06. The van der Waals surface area contributed by atoms with Gasteiger partial charge in [0.2, 0.25) is 0 Å². The molecule has 0 aliphatic heterocycles. The van der Waals surface area contributed by atoms with E-state index in [1.54, 1.807) is 0 Å². The van der Waals surface area contributed by atoms with E-state index in [0.29, 0.717) is 0 Å². The Labute approximate surface area is 79.9 Å². The van der Waals surface area contributed by atoms with Crippen LogP contribution >= 0.6 is 12.6 Å². The lowest BCUT2D eigenvalue weighted by Gasteiger charge is -2.06. The van der Waals surface area contributed by atoms with Crippen molar-refractivity contribution in [1.82, 2.24) is 0 Å². The topological polar surface area (TPSA) is 77.8 Å². The summed E-state index contributed by atoms with van der Waals surface area (Å²) in [6.45, 7) is 0. The molecule has 4 nitrogen and oxygen atoms in total. The van der Waals surface area contributed by atoms with Gasteiger partial charge in [-0.1, -0.05) is 0 Å². The molecule has 0 radical (unpaired) electrons. The summed E-state index contributed by atoms with van der Waals surface area (Å²) in [7, 11) is 0. The highest BCUT2D eigenvalue weighted by Crippen LogP contribution is 2.32. The molecule has 5 heteroatoms. The molecule has 0 aromatic heterocycles. The Hall–Kier alpha value is -1.36. The van der Waals surface area contributed by atoms with E-state index in [9.17, 15) is 9.90 Å². The van der Waals surface area contributed by atoms with Gasteiger partial charge in [-0.05, 0) is 12.1 Å². The number of phenolic OH excluding ortho intramolecular Hbond substituents is 2. The van der Waals surface area contributed by atoms with Crippen molar-refractivity contribution in [3.05, 3.63) is 17.7 Å². The Balaban J connectivity index is 3.17. The van der Waals surface area contributed by atoms with Gasteiger partial charge in [-0.25, -0.2) is 0 Å². The average molecular weight is 200 g/mol. The minimum atomic E-state index is -1.09. The van der Waals surface area contributed by atoms with E-state index in [2.05, 4.69) is 12.6 Å². The second-order valence-electron chi connectivity index (χ2n) is 2.50. The number of rotatable bonds is 2.